The van der Waals surface area contributed by atoms with E-state index >= 15 is 0 Å². The van der Waals surface area contributed by atoms with Crippen LogP contribution in [0.25, 0.3) is 0 Å². The summed E-state index contributed by atoms with van der Waals surface area (Å²) in [5, 5.41) is 7.78. The topological polar surface area (TPSA) is 102 Å². The van der Waals surface area contributed by atoms with E-state index in [1.165, 1.54) is 24.3 Å². The van der Waals surface area contributed by atoms with Crippen LogP contribution in [-0.4, -0.2) is 51.1 Å². The Hall–Kier alpha value is -1.48. The second kappa shape index (κ2) is 7.39. The molecule has 2 rings (SSSR count). The summed E-state index contributed by atoms with van der Waals surface area (Å²) in [5.41, 5.74) is 0.547. The molecule has 1 fully saturated rings. The third-order valence-electron chi connectivity index (χ3n) is 3.62. The zero-order valence-corrected chi connectivity index (χ0v) is 14.2. The van der Waals surface area contributed by atoms with E-state index in [4.69, 9.17) is 9.88 Å². The lowest BCUT2D eigenvalue weighted by Gasteiger charge is -2.35. The van der Waals surface area contributed by atoms with Gasteiger partial charge in [-0.3, -0.25) is 9.69 Å². The van der Waals surface area contributed by atoms with Gasteiger partial charge in [0.2, 0.25) is 15.9 Å². The quantitative estimate of drug-likeness (QED) is 0.824. The Morgan fingerprint density at radius 1 is 1.26 bits per heavy atom. The Morgan fingerprint density at radius 2 is 1.83 bits per heavy atom. The summed E-state index contributed by atoms with van der Waals surface area (Å²) in [6.45, 7) is 6.35. The van der Waals surface area contributed by atoms with Gasteiger partial charge in [0.1, 0.15) is 0 Å². The van der Waals surface area contributed by atoms with Crippen molar-refractivity contribution < 1.29 is 17.9 Å². The van der Waals surface area contributed by atoms with Gasteiger partial charge in [0.15, 0.2) is 0 Å². The Kier molecular flexibility index (Phi) is 5.74. The van der Waals surface area contributed by atoms with Crippen LogP contribution in [-0.2, 0) is 19.6 Å². The highest BCUT2D eigenvalue weighted by atomic mass is 32.2. The van der Waals surface area contributed by atoms with Crippen LogP contribution >= 0.6 is 0 Å². The number of amides is 1. The summed E-state index contributed by atoms with van der Waals surface area (Å²) >= 11 is 0. The maximum absolute atomic E-state index is 12.0. The maximum atomic E-state index is 12.0. The van der Waals surface area contributed by atoms with Gasteiger partial charge in [-0.25, -0.2) is 13.6 Å². The zero-order chi connectivity index (χ0) is 17.0. The molecule has 128 valence electrons. The zero-order valence-electron chi connectivity index (χ0n) is 13.4. The molecule has 1 aliphatic rings. The fourth-order valence-corrected chi connectivity index (χ4v) is 3.19. The number of carbonyl (C=O) groups is 1. The molecule has 0 spiro atoms. The van der Waals surface area contributed by atoms with E-state index in [9.17, 15) is 13.2 Å². The first-order valence-electron chi connectivity index (χ1n) is 7.54. The van der Waals surface area contributed by atoms with Gasteiger partial charge >= 0.3 is 0 Å². The predicted molar refractivity (Wildman–Crippen MR) is 87.5 cm³/mol. The van der Waals surface area contributed by atoms with Crippen LogP contribution in [0.3, 0.4) is 0 Å². The molecular weight excluding hydrogens is 318 g/mol. The van der Waals surface area contributed by atoms with Crippen LogP contribution < -0.4 is 10.5 Å². The fourth-order valence-electron chi connectivity index (χ4n) is 2.68. The van der Waals surface area contributed by atoms with Crippen molar-refractivity contribution in [2.75, 3.05) is 25.0 Å². The van der Waals surface area contributed by atoms with Gasteiger partial charge in [-0.1, -0.05) is 0 Å². The standard InChI is InChI=1S/C15H23N3O4S/c1-11-9-18(10-12(2)22-11)8-7-15(19)17-13-3-5-14(6-4-13)23(16,20)21/h3-6,11-12H,7-10H2,1-2H3,(H,17,19)(H2,16,20,21). The highest BCUT2D eigenvalue weighted by molar-refractivity contribution is 7.89. The molecule has 0 saturated carbocycles. The first-order valence-corrected chi connectivity index (χ1v) is 9.09. The Balaban J connectivity index is 1.83. The van der Waals surface area contributed by atoms with E-state index in [0.29, 0.717) is 18.7 Å². The minimum Gasteiger partial charge on any atom is -0.373 e. The lowest BCUT2D eigenvalue weighted by atomic mass is 10.2. The number of nitrogens with zero attached hydrogens (tertiary/aromatic N) is 1. The second-order valence-corrected chi connectivity index (χ2v) is 7.45. The van der Waals surface area contributed by atoms with Crippen molar-refractivity contribution >= 4 is 21.6 Å². The molecule has 8 heteroatoms. The van der Waals surface area contributed by atoms with E-state index in [2.05, 4.69) is 10.2 Å². The smallest absolute Gasteiger partial charge is 0.238 e. The highest BCUT2D eigenvalue weighted by Crippen LogP contribution is 2.14. The van der Waals surface area contributed by atoms with Crippen molar-refractivity contribution in [3.05, 3.63) is 24.3 Å². The first kappa shape index (κ1) is 17.9. The number of hydrogen-bond acceptors (Lipinski definition) is 5. The van der Waals surface area contributed by atoms with E-state index in [1.807, 2.05) is 13.8 Å². The Bertz CT molecular complexity index is 635. The number of rotatable bonds is 5. The van der Waals surface area contributed by atoms with Gasteiger partial charge in [-0.2, -0.15) is 0 Å². The molecule has 1 heterocycles. The number of anilines is 1. The summed E-state index contributed by atoms with van der Waals surface area (Å²) < 4.78 is 28.0. The molecule has 1 aromatic rings. The van der Waals surface area contributed by atoms with Gasteiger partial charge in [0.25, 0.3) is 0 Å². The highest BCUT2D eigenvalue weighted by Gasteiger charge is 2.22. The molecule has 23 heavy (non-hydrogen) atoms. The summed E-state index contributed by atoms with van der Waals surface area (Å²) in [5.74, 6) is -0.111. The Morgan fingerprint density at radius 3 is 2.35 bits per heavy atom. The summed E-state index contributed by atoms with van der Waals surface area (Å²) in [6, 6.07) is 5.79. The number of hydrogen-bond donors (Lipinski definition) is 2. The number of benzene rings is 1. The van der Waals surface area contributed by atoms with Crippen molar-refractivity contribution in [3.8, 4) is 0 Å². The molecule has 1 amide bonds. The molecule has 2 atom stereocenters. The molecule has 1 saturated heterocycles. The molecule has 0 radical (unpaired) electrons. The number of ether oxygens (including phenoxy) is 1. The lowest BCUT2D eigenvalue weighted by Crippen LogP contribution is -2.46. The molecule has 0 aliphatic carbocycles. The van der Waals surface area contributed by atoms with Crippen molar-refractivity contribution in [3.63, 3.8) is 0 Å². The number of morpholine rings is 1. The summed E-state index contributed by atoms with van der Waals surface area (Å²) in [4.78, 5) is 14.2. The van der Waals surface area contributed by atoms with Crippen LogP contribution in [0, 0.1) is 0 Å². The van der Waals surface area contributed by atoms with E-state index < -0.39 is 10.0 Å². The largest absolute Gasteiger partial charge is 0.373 e. The average Bonchev–Trinajstić information content (AvgIpc) is 2.44. The molecular formula is C15H23N3O4S. The van der Waals surface area contributed by atoms with Crippen molar-refractivity contribution in [2.24, 2.45) is 5.14 Å². The van der Waals surface area contributed by atoms with E-state index in [-0.39, 0.29) is 23.0 Å². The number of primary sulfonamides is 1. The van der Waals surface area contributed by atoms with Crippen LogP contribution in [0.2, 0.25) is 0 Å². The van der Waals surface area contributed by atoms with Crippen LogP contribution in [0.15, 0.2) is 29.2 Å². The number of nitrogens with one attached hydrogen (secondary N) is 1. The van der Waals surface area contributed by atoms with Crippen molar-refractivity contribution in [2.45, 2.75) is 37.4 Å². The molecule has 0 bridgehead atoms. The molecule has 3 N–H and O–H groups in total. The predicted octanol–water partition coefficient (Wildman–Crippen LogP) is 0.772. The first-order chi connectivity index (χ1) is 10.7. The number of sulfonamides is 1. The van der Waals surface area contributed by atoms with Gasteiger partial charge < -0.3 is 10.1 Å². The SMILES string of the molecule is CC1CN(CCC(=O)Nc2ccc(S(N)(=O)=O)cc2)CC(C)O1. The molecule has 7 nitrogen and oxygen atoms in total. The van der Waals surface area contributed by atoms with Crippen LogP contribution in [0.5, 0.6) is 0 Å². The van der Waals surface area contributed by atoms with Crippen molar-refractivity contribution in [1.82, 2.24) is 4.90 Å². The van der Waals surface area contributed by atoms with Crippen molar-refractivity contribution in [1.29, 1.82) is 0 Å². The molecule has 1 aliphatic heterocycles. The maximum Gasteiger partial charge on any atom is 0.238 e. The number of nitrogens with two attached hydrogens (primary N) is 1. The molecule has 0 aromatic heterocycles. The van der Waals surface area contributed by atoms with Gasteiger partial charge in [-0.15, -0.1) is 0 Å². The molecule has 1 aromatic carbocycles. The molecule has 2 unspecified atom stereocenters. The number of carbonyl (C=O) groups excluding carboxylic acids is 1. The monoisotopic (exact) mass is 341 g/mol. The van der Waals surface area contributed by atoms with Gasteiger partial charge in [0.05, 0.1) is 17.1 Å². The lowest BCUT2D eigenvalue weighted by molar-refractivity contribution is -0.117. The minimum absolute atomic E-state index is 0.0202. The van der Waals surface area contributed by atoms with E-state index in [0.717, 1.165) is 13.1 Å². The average molecular weight is 341 g/mol. The minimum atomic E-state index is -3.71. The van der Waals surface area contributed by atoms with Gasteiger partial charge in [-0.05, 0) is 38.1 Å². The second-order valence-electron chi connectivity index (χ2n) is 5.88. The normalized spacial score (nSPS) is 22.7. The summed E-state index contributed by atoms with van der Waals surface area (Å²) in [6.07, 6.45) is 0.719. The third kappa shape index (κ3) is 5.58. The van der Waals surface area contributed by atoms with E-state index in [1.54, 1.807) is 0 Å². The van der Waals surface area contributed by atoms with Gasteiger partial charge in [0, 0.05) is 31.7 Å². The Labute approximate surface area is 136 Å². The fraction of sp³-hybridized carbons (Fsp3) is 0.533. The summed E-state index contributed by atoms with van der Waals surface area (Å²) in [7, 11) is -3.71. The van der Waals surface area contributed by atoms with Crippen LogP contribution in [0.1, 0.15) is 20.3 Å². The third-order valence-corrected chi connectivity index (χ3v) is 4.55. The van der Waals surface area contributed by atoms with Crippen LogP contribution in [0.4, 0.5) is 5.69 Å².